The maximum atomic E-state index is 11.1. The lowest BCUT2D eigenvalue weighted by Crippen LogP contribution is -2.42. The zero-order chi connectivity index (χ0) is 15.4. The summed E-state index contributed by atoms with van der Waals surface area (Å²) in [5.74, 6) is -0.116. The fraction of sp³-hybridized carbons (Fsp3) is 0.611. The molecule has 0 spiro atoms. The van der Waals surface area contributed by atoms with Crippen LogP contribution >= 0.6 is 0 Å². The van der Waals surface area contributed by atoms with E-state index in [1.54, 1.807) is 0 Å². The van der Waals surface area contributed by atoms with Crippen molar-refractivity contribution in [2.75, 3.05) is 6.54 Å². The molecule has 3 nitrogen and oxygen atoms in total. The van der Waals surface area contributed by atoms with E-state index in [0.29, 0.717) is 12.0 Å². The minimum atomic E-state index is -0.639. The van der Waals surface area contributed by atoms with Gasteiger partial charge in [0.2, 0.25) is 0 Å². The van der Waals surface area contributed by atoms with Gasteiger partial charge < -0.3 is 5.11 Å². The maximum absolute atomic E-state index is 11.1. The number of carbonyl (C=O) groups is 1. The van der Waals surface area contributed by atoms with Crippen LogP contribution in [0.15, 0.2) is 24.3 Å². The Balaban J connectivity index is 1.91. The number of piperidine rings is 1. The van der Waals surface area contributed by atoms with E-state index in [-0.39, 0.29) is 5.92 Å². The maximum Gasteiger partial charge on any atom is 0.306 e. The first-order valence-electron chi connectivity index (χ1n) is 8.00. The largest absolute Gasteiger partial charge is 0.481 e. The quantitative estimate of drug-likeness (QED) is 0.901. The highest BCUT2D eigenvalue weighted by molar-refractivity contribution is 5.70. The molecule has 1 heterocycles. The van der Waals surface area contributed by atoms with Crippen molar-refractivity contribution in [3.8, 4) is 0 Å². The number of carboxylic acids is 1. The van der Waals surface area contributed by atoms with Crippen molar-refractivity contribution in [1.82, 2.24) is 4.90 Å². The van der Waals surface area contributed by atoms with Crippen LogP contribution in [0.3, 0.4) is 0 Å². The van der Waals surface area contributed by atoms with E-state index >= 15 is 0 Å². The third-order valence-corrected chi connectivity index (χ3v) is 4.42. The van der Waals surface area contributed by atoms with Gasteiger partial charge in [-0.15, -0.1) is 0 Å². The molecule has 1 fully saturated rings. The first kappa shape index (κ1) is 16.0. The van der Waals surface area contributed by atoms with E-state index in [4.69, 9.17) is 5.11 Å². The summed E-state index contributed by atoms with van der Waals surface area (Å²) in [4.78, 5) is 13.5. The monoisotopic (exact) mass is 289 g/mol. The number of hydrogen-bond acceptors (Lipinski definition) is 2. The SMILES string of the molecule is CC(C)Cc1ccc(CN2CCC(C(=O)O)CC2C)cc1. The van der Waals surface area contributed by atoms with E-state index in [2.05, 4.69) is 49.9 Å². The molecule has 0 saturated carbocycles. The highest BCUT2D eigenvalue weighted by Crippen LogP contribution is 2.24. The standard InChI is InChI=1S/C18H27NO2/c1-13(2)10-15-4-6-16(7-5-15)12-19-9-8-17(18(20)21)11-14(19)3/h4-7,13-14,17H,8-12H2,1-3H3,(H,20,21). The van der Waals surface area contributed by atoms with Gasteiger partial charge in [0.25, 0.3) is 0 Å². The van der Waals surface area contributed by atoms with Gasteiger partial charge in [0.15, 0.2) is 0 Å². The Morgan fingerprint density at radius 3 is 2.43 bits per heavy atom. The van der Waals surface area contributed by atoms with Gasteiger partial charge in [-0.3, -0.25) is 9.69 Å². The van der Waals surface area contributed by atoms with E-state index in [1.165, 1.54) is 11.1 Å². The smallest absolute Gasteiger partial charge is 0.306 e. The Labute approximate surface area is 128 Å². The van der Waals surface area contributed by atoms with Crippen LogP contribution in [0.25, 0.3) is 0 Å². The molecule has 0 aliphatic carbocycles. The van der Waals surface area contributed by atoms with Gasteiger partial charge in [-0.05, 0) is 49.8 Å². The zero-order valence-corrected chi connectivity index (χ0v) is 13.4. The third-order valence-electron chi connectivity index (χ3n) is 4.42. The molecule has 2 atom stereocenters. The van der Waals surface area contributed by atoms with Crippen LogP contribution in [0.1, 0.15) is 44.7 Å². The predicted molar refractivity (Wildman–Crippen MR) is 85.2 cm³/mol. The molecule has 1 saturated heterocycles. The molecular weight excluding hydrogens is 262 g/mol. The molecule has 116 valence electrons. The molecule has 1 aromatic rings. The first-order chi connectivity index (χ1) is 9.95. The van der Waals surface area contributed by atoms with Gasteiger partial charge in [-0.1, -0.05) is 38.1 Å². The summed E-state index contributed by atoms with van der Waals surface area (Å²) in [5.41, 5.74) is 2.72. The van der Waals surface area contributed by atoms with Crippen LogP contribution in [-0.2, 0) is 17.8 Å². The summed E-state index contributed by atoms with van der Waals surface area (Å²) in [7, 11) is 0. The van der Waals surface area contributed by atoms with Crippen LogP contribution < -0.4 is 0 Å². The van der Waals surface area contributed by atoms with Gasteiger partial charge in [0.05, 0.1) is 5.92 Å². The number of likely N-dealkylation sites (tertiary alicyclic amines) is 1. The third kappa shape index (κ3) is 4.57. The van der Waals surface area contributed by atoms with E-state index in [0.717, 1.165) is 32.4 Å². The first-order valence-corrected chi connectivity index (χ1v) is 8.00. The van der Waals surface area contributed by atoms with Crippen LogP contribution in [-0.4, -0.2) is 28.6 Å². The number of carboxylic acid groups (broad SMARTS) is 1. The second kappa shape index (κ2) is 7.08. The highest BCUT2D eigenvalue weighted by Gasteiger charge is 2.29. The van der Waals surface area contributed by atoms with Gasteiger partial charge in [0.1, 0.15) is 0 Å². The molecule has 21 heavy (non-hydrogen) atoms. The van der Waals surface area contributed by atoms with Crippen LogP contribution in [0, 0.1) is 11.8 Å². The molecule has 2 rings (SSSR count). The predicted octanol–water partition coefficient (Wildman–Crippen LogP) is 3.57. The van der Waals surface area contributed by atoms with Gasteiger partial charge in [-0.25, -0.2) is 0 Å². The van der Waals surface area contributed by atoms with Crippen molar-refractivity contribution in [2.45, 2.75) is 52.6 Å². The second-order valence-electron chi connectivity index (χ2n) is 6.79. The molecule has 1 aliphatic rings. The average molecular weight is 289 g/mol. The van der Waals surface area contributed by atoms with Crippen molar-refractivity contribution < 1.29 is 9.90 Å². The lowest BCUT2D eigenvalue weighted by atomic mass is 9.91. The lowest BCUT2D eigenvalue weighted by Gasteiger charge is -2.36. The summed E-state index contributed by atoms with van der Waals surface area (Å²) in [5, 5.41) is 9.12. The average Bonchev–Trinajstić information content (AvgIpc) is 2.42. The second-order valence-corrected chi connectivity index (χ2v) is 6.79. The molecule has 0 amide bonds. The summed E-state index contributed by atoms with van der Waals surface area (Å²) in [6.45, 7) is 8.42. The lowest BCUT2D eigenvalue weighted by molar-refractivity contribution is -0.144. The molecule has 2 unspecified atom stereocenters. The molecule has 1 aromatic carbocycles. The van der Waals surface area contributed by atoms with E-state index in [1.807, 2.05) is 0 Å². The minimum absolute atomic E-state index is 0.162. The number of hydrogen-bond donors (Lipinski definition) is 1. The Morgan fingerprint density at radius 1 is 1.29 bits per heavy atom. The Morgan fingerprint density at radius 2 is 1.90 bits per heavy atom. The number of aliphatic carboxylic acids is 1. The summed E-state index contributed by atoms with van der Waals surface area (Å²) in [6, 6.07) is 9.23. The molecule has 1 N–H and O–H groups in total. The normalized spacial score (nSPS) is 23.4. The Hall–Kier alpha value is -1.35. The van der Waals surface area contributed by atoms with Gasteiger partial charge in [0, 0.05) is 12.6 Å². The van der Waals surface area contributed by atoms with Crippen molar-refractivity contribution >= 4 is 5.97 Å². The highest BCUT2D eigenvalue weighted by atomic mass is 16.4. The van der Waals surface area contributed by atoms with Gasteiger partial charge >= 0.3 is 5.97 Å². The fourth-order valence-electron chi connectivity index (χ4n) is 3.17. The molecule has 3 heteroatoms. The molecule has 0 aromatic heterocycles. The molecule has 0 radical (unpaired) electrons. The molecule has 1 aliphatic heterocycles. The summed E-state index contributed by atoms with van der Waals surface area (Å²) < 4.78 is 0. The number of benzene rings is 1. The summed E-state index contributed by atoms with van der Waals surface area (Å²) >= 11 is 0. The van der Waals surface area contributed by atoms with Crippen LogP contribution in [0.2, 0.25) is 0 Å². The van der Waals surface area contributed by atoms with E-state index in [9.17, 15) is 4.79 Å². The van der Waals surface area contributed by atoms with Crippen molar-refractivity contribution in [1.29, 1.82) is 0 Å². The van der Waals surface area contributed by atoms with Crippen LogP contribution in [0.5, 0.6) is 0 Å². The summed E-state index contributed by atoms with van der Waals surface area (Å²) in [6.07, 6.45) is 2.66. The minimum Gasteiger partial charge on any atom is -0.481 e. The van der Waals surface area contributed by atoms with Crippen molar-refractivity contribution in [3.05, 3.63) is 35.4 Å². The number of rotatable bonds is 5. The fourth-order valence-corrected chi connectivity index (χ4v) is 3.17. The van der Waals surface area contributed by atoms with Crippen molar-refractivity contribution in [3.63, 3.8) is 0 Å². The van der Waals surface area contributed by atoms with Gasteiger partial charge in [-0.2, -0.15) is 0 Å². The molecular formula is C18H27NO2. The van der Waals surface area contributed by atoms with Crippen LogP contribution in [0.4, 0.5) is 0 Å². The Bertz CT molecular complexity index is 467. The number of nitrogens with zero attached hydrogens (tertiary/aromatic N) is 1. The molecule has 0 bridgehead atoms. The zero-order valence-electron chi connectivity index (χ0n) is 13.4. The van der Waals surface area contributed by atoms with E-state index < -0.39 is 5.97 Å². The Kier molecular flexibility index (Phi) is 5.40. The topological polar surface area (TPSA) is 40.5 Å². The van der Waals surface area contributed by atoms with Crippen molar-refractivity contribution in [2.24, 2.45) is 11.8 Å².